The van der Waals surface area contributed by atoms with E-state index in [1.54, 1.807) is 0 Å². The van der Waals surface area contributed by atoms with Crippen molar-refractivity contribution in [1.29, 1.82) is 0 Å². The van der Waals surface area contributed by atoms with Gasteiger partial charge in [0.15, 0.2) is 24.6 Å². The van der Waals surface area contributed by atoms with Crippen LogP contribution in [0.3, 0.4) is 0 Å². The van der Waals surface area contributed by atoms with Crippen molar-refractivity contribution in [2.24, 2.45) is 0 Å². The van der Waals surface area contributed by atoms with E-state index in [0.717, 1.165) is 154 Å². The molecule has 1 rings (SSSR count). The lowest BCUT2D eigenvalue weighted by molar-refractivity contribution is -0.301. The highest BCUT2D eigenvalue weighted by Crippen LogP contribution is 2.27. The van der Waals surface area contributed by atoms with Crippen LogP contribution in [0.25, 0.3) is 0 Å². The lowest BCUT2D eigenvalue weighted by Crippen LogP contribution is -2.61. The standard InChI is InChI=1S/C71H118O12/c1-4-7-10-13-16-19-22-25-28-31-32-35-38-41-44-47-50-53-56-59-65(74)82-69-67(76)66(75)68(70(77)78)83-71(69)80-61-62(81-64(73)58-55-52-49-46-43-40-37-34-30-27-24-21-18-15-12-9-6-3)60-79-63(72)57-54-51-48-45-42-39-36-33-29-26-23-20-17-14-11-8-5-2/h7-8,10-11,16-17,19-20,25-30,32,35,62,66-69,71,75-76H,4-6,9,12-15,18,21-24,31,33-34,36-61H2,1-3H3,(H,77,78)/b10-7-,11-8-,19-16-,20-17-,28-25-,29-26-,30-27-,35-32-. The first kappa shape index (κ1) is 76.7. The maximum atomic E-state index is 13.2. The first-order chi connectivity index (χ1) is 40.6. The van der Waals surface area contributed by atoms with E-state index in [0.29, 0.717) is 19.3 Å². The molecule has 474 valence electrons. The molecular formula is C71H118O12. The molecule has 0 aromatic carbocycles. The first-order valence-electron chi connectivity index (χ1n) is 33.2. The van der Waals surface area contributed by atoms with Gasteiger partial charge in [-0.15, -0.1) is 0 Å². The molecule has 12 nitrogen and oxygen atoms in total. The zero-order valence-electron chi connectivity index (χ0n) is 52.4. The number of rotatable bonds is 56. The molecule has 1 aliphatic rings. The average molecular weight is 1160 g/mol. The van der Waals surface area contributed by atoms with Gasteiger partial charge in [0, 0.05) is 19.3 Å². The Labute approximate surface area is 504 Å². The van der Waals surface area contributed by atoms with E-state index in [1.165, 1.54) is 64.2 Å². The summed E-state index contributed by atoms with van der Waals surface area (Å²) in [4.78, 5) is 51.4. The fourth-order valence-corrected chi connectivity index (χ4v) is 9.60. The molecule has 1 aliphatic heterocycles. The Morgan fingerprint density at radius 3 is 1.17 bits per heavy atom. The number of aliphatic hydroxyl groups excluding tert-OH is 2. The van der Waals surface area contributed by atoms with Gasteiger partial charge in [0.05, 0.1) is 6.61 Å². The van der Waals surface area contributed by atoms with Crippen LogP contribution in [0.4, 0.5) is 0 Å². The normalized spacial score (nSPS) is 18.2. The van der Waals surface area contributed by atoms with Gasteiger partial charge in [-0.05, 0) is 116 Å². The average Bonchev–Trinajstić information content (AvgIpc) is 3.55. The van der Waals surface area contributed by atoms with E-state index in [2.05, 4.69) is 118 Å². The number of esters is 3. The first-order valence-corrected chi connectivity index (χ1v) is 33.2. The second-order valence-corrected chi connectivity index (χ2v) is 22.3. The lowest BCUT2D eigenvalue weighted by Gasteiger charge is -2.40. The third kappa shape index (κ3) is 47.6. The summed E-state index contributed by atoms with van der Waals surface area (Å²) in [7, 11) is 0. The van der Waals surface area contributed by atoms with E-state index < -0.39 is 67.3 Å². The lowest BCUT2D eigenvalue weighted by atomic mass is 9.98. The monoisotopic (exact) mass is 1160 g/mol. The summed E-state index contributed by atoms with van der Waals surface area (Å²) in [6, 6.07) is 0. The van der Waals surface area contributed by atoms with E-state index in [-0.39, 0.29) is 25.9 Å². The summed E-state index contributed by atoms with van der Waals surface area (Å²) in [6.45, 7) is 5.78. The van der Waals surface area contributed by atoms with Crippen LogP contribution in [0.1, 0.15) is 278 Å². The van der Waals surface area contributed by atoms with Gasteiger partial charge in [-0.25, -0.2) is 4.79 Å². The Kier molecular flexibility index (Phi) is 53.6. The predicted octanol–water partition coefficient (Wildman–Crippen LogP) is 18.0. The molecule has 6 unspecified atom stereocenters. The molecule has 1 saturated heterocycles. The van der Waals surface area contributed by atoms with Crippen LogP contribution >= 0.6 is 0 Å². The number of carbonyl (C=O) groups excluding carboxylic acids is 3. The van der Waals surface area contributed by atoms with Crippen molar-refractivity contribution in [3.8, 4) is 0 Å². The molecule has 1 fully saturated rings. The number of hydrogen-bond donors (Lipinski definition) is 3. The largest absolute Gasteiger partial charge is 0.479 e. The molecule has 6 atom stereocenters. The van der Waals surface area contributed by atoms with Gasteiger partial charge in [-0.3, -0.25) is 14.4 Å². The fraction of sp³-hybridized carbons (Fsp3) is 0.718. The Balaban J connectivity index is 2.67. The van der Waals surface area contributed by atoms with Gasteiger partial charge in [0.25, 0.3) is 0 Å². The van der Waals surface area contributed by atoms with Crippen LogP contribution in [-0.4, -0.2) is 89.2 Å². The number of aliphatic hydroxyl groups is 2. The minimum Gasteiger partial charge on any atom is -0.479 e. The highest BCUT2D eigenvalue weighted by atomic mass is 16.7. The summed E-state index contributed by atoms with van der Waals surface area (Å²) < 4.78 is 28.6. The summed E-state index contributed by atoms with van der Waals surface area (Å²) in [5.41, 5.74) is 0. The third-order valence-electron chi connectivity index (χ3n) is 14.6. The second-order valence-electron chi connectivity index (χ2n) is 22.3. The Morgan fingerprint density at radius 1 is 0.410 bits per heavy atom. The molecule has 3 N–H and O–H groups in total. The van der Waals surface area contributed by atoms with Crippen LogP contribution in [-0.2, 0) is 42.9 Å². The summed E-state index contributed by atoms with van der Waals surface area (Å²) in [5, 5.41) is 31.6. The highest BCUT2D eigenvalue weighted by Gasteiger charge is 2.50. The molecule has 0 aromatic heterocycles. The van der Waals surface area contributed by atoms with Crippen LogP contribution in [0.15, 0.2) is 97.2 Å². The minimum absolute atomic E-state index is 0.0395. The summed E-state index contributed by atoms with van der Waals surface area (Å²) >= 11 is 0. The molecule has 0 amide bonds. The van der Waals surface area contributed by atoms with Crippen LogP contribution in [0.5, 0.6) is 0 Å². The zero-order valence-corrected chi connectivity index (χ0v) is 52.4. The van der Waals surface area contributed by atoms with Crippen molar-refractivity contribution in [2.75, 3.05) is 13.2 Å². The Bertz CT molecular complexity index is 1810. The molecule has 0 spiro atoms. The number of carboxylic acids is 1. The smallest absolute Gasteiger partial charge is 0.335 e. The quantitative estimate of drug-likeness (QED) is 0.0228. The maximum Gasteiger partial charge on any atom is 0.335 e. The van der Waals surface area contributed by atoms with Crippen molar-refractivity contribution in [2.45, 2.75) is 314 Å². The molecule has 0 bridgehead atoms. The van der Waals surface area contributed by atoms with Crippen molar-refractivity contribution >= 4 is 23.9 Å². The second kappa shape index (κ2) is 58.0. The molecule has 1 heterocycles. The number of hydrogen-bond acceptors (Lipinski definition) is 11. The van der Waals surface area contributed by atoms with Gasteiger partial charge >= 0.3 is 23.9 Å². The van der Waals surface area contributed by atoms with Gasteiger partial charge in [0.1, 0.15) is 18.8 Å². The third-order valence-corrected chi connectivity index (χ3v) is 14.6. The number of carbonyl (C=O) groups is 4. The Hall–Kier alpha value is -4.36. The van der Waals surface area contributed by atoms with Crippen LogP contribution in [0, 0.1) is 0 Å². The van der Waals surface area contributed by atoms with Crippen LogP contribution in [0.2, 0.25) is 0 Å². The maximum absolute atomic E-state index is 13.2. The predicted molar refractivity (Wildman–Crippen MR) is 340 cm³/mol. The summed E-state index contributed by atoms with van der Waals surface area (Å²) in [6.07, 6.45) is 65.0. The number of aliphatic carboxylic acids is 1. The van der Waals surface area contributed by atoms with Gasteiger partial charge < -0.3 is 39.0 Å². The molecule has 0 saturated carbocycles. The number of carboxylic acid groups (broad SMARTS) is 1. The number of unbranched alkanes of at least 4 members (excludes halogenated alkanes) is 26. The van der Waals surface area contributed by atoms with Crippen molar-refractivity contribution in [3.05, 3.63) is 97.2 Å². The highest BCUT2D eigenvalue weighted by molar-refractivity contribution is 5.74. The number of ether oxygens (including phenoxy) is 5. The molecule has 83 heavy (non-hydrogen) atoms. The summed E-state index contributed by atoms with van der Waals surface area (Å²) in [5.74, 6) is -3.15. The van der Waals surface area contributed by atoms with Crippen molar-refractivity contribution in [1.82, 2.24) is 0 Å². The zero-order chi connectivity index (χ0) is 60.3. The molecule has 0 aromatic rings. The molecule has 0 aliphatic carbocycles. The Morgan fingerprint density at radius 2 is 0.759 bits per heavy atom. The van der Waals surface area contributed by atoms with E-state index >= 15 is 0 Å². The van der Waals surface area contributed by atoms with E-state index in [9.17, 15) is 34.5 Å². The molecule has 0 radical (unpaired) electrons. The van der Waals surface area contributed by atoms with Crippen molar-refractivity contribution < 1.29 is 58.2 Å². The van der Waals surface area contributed by atoms with Crippen molar-refractivity contribution in [3.63, 3.8) is 0 Å². The topological polar surface area (TPSA) is 175 Å². The van der Waals surface area contributed by atoms with E-state index in [1.807, 2.05) is 0 Å². The molecule has 12 heteroatoms. The fourth-order valence-electron chi connectivity index (χ4n) is 9.60. The minimum atomic E-state index is -1.92. The SMILES string of the molecule is CC/C=C\C/C=C\C/C=C\C/C=C\CCCCCCCCC(=O)OC1C(OCC(COC(=O)CCCCCCCCC/C=C\C/C=C\C/C=C\CC)OC(=O)CCCCCCCCC/C=C\CCCCCCCC)OC(C(=O)O)C(O)C1O. The van der Waals surface area contributed by atoms with Gasteiger partial charge in [-0.1, -0.05) is 240 Å². The molecular weight excluding hydrogens is 1040 g/mol. The van der Waals surface area contributed by atoms with E-state index in [4.69, 9.17) is 23.7 Å². The number of allylic oxidation sites excluding steroid dienone is 16. The van der Waals surface area contributed by atoms with Crippen LogP contribution < -0.4 is 0 Å². The van der Waals surface area contributed by atoms with Gasteiger partial charge in [-0.2, -0.15) is 0 Å². The van der Waals surface area contributed by atoms with Gasteiger partial charge in [0.2, 0.25) is 0 Å².